The monoisotopic (exact) mass is 407 g/mol. The highest BCUT2D eigenvalue weighted by atomic mass is 79.9. The molecular weight excluding hydrogens is 380 g/mol. The van der Waals surface area contributed by atoms with Crippen molar-refractivity contribution in [3.63, 3.8) is 0 Å². The minimum Gasteiger partial charge on any atom is -0.464 e. The molecule has 0 heterocycles. The average Bonchev–Trinajstić information content (AvgIpc) is 2.55. The molecule has 0 aromatic heterocycles. The van der Waals surface area contributed by atoms with Gasteiger partial charge >= 0.3 is 0 Å². The van der Waals surface area contributed by atoms with E-state index in [1.54, 1.807) is 7.11 Å². The Morgan fingerprint density at radius 1 is 1.16 bits per heavy atom. The summed E-state index contributed by atoms with van der Waals surface area (Å²) in [7, 11) is 1.67. The highest BCUT2D eigenvalue weighted by molar-refractivity contribution is 9.10. The summed E-state index contributed by atoms with van der Waals surface area (Å²) in [5.74, 6) is 3.65. The van der Waals surface area contributed by atoms with Crippen LogP contribution in [0.3, 0.4) is 0 Å². The first-order chi connectivity index (χ1) is 12.1. The van der Waals surface area contributed by atoms with Crippen LogP contribution < -0.4 is 4.74 Å². The van der Waals surface area contributed by atoms with Crippen LogP contribution in [0.4, 0.5) is 0 Å². The van der Waals surface area contributed by atoms with Crippen LogP contribution in [0.15, 0.2) is 16.6 Å². The molecule has 0 amide bonds. The van der Waals surface area contributed by atoms with Crippen LogP contribution in [0.5, 0.6) is 5.75 Å². The first-order valence-electron chi connectivity index (χ1n) is 9.57. The van der Waals surface area contributed by atoms with Gasteiger partial charge in [0.25, 0.3) is 0 Å². The van der Waals surface area contributed by atoms with Crippen LogP contribution in [0.2, 0.25) is 0 Å². The summed E-state index contributed by atoms with van der Waals surface area (Å²) in [5, 5.41) is 0. The predicted octanol–water partition coefficient (Wildman–Crippen LogP) is 5.10. The summed E-state index contributed by atoms with van der Waals surface area (Å²) in [5.41, 5.74) is 1.76. The summed E-state index contributed by atoms with van der Waals surface area (Å²) in [6.07, 6.45) is 8.19. The lowest BCUT2D eigenvalue weighted by atomic mass is 9.48. The third-order valence-electron chi connectivity index (χ3n) is 6.41. The zero-order chi connectivity index (χ0) is 17.4. The fourth-order valence-electron chi connectivity index (χ4n) is 5.80. The molecule has 1 unspecified atom stereocenters. The summed E-state index contributed by atoms with van der Waals surface area (Å²) in [6.45, 7) is 3.02. The minimum absolute atomic E-state index is 0.301. The fraction of sp³-hybridized carbons (Fsp3) is 0.714. The third kappa shape index (κ3) is 3.63. The SMILES string of the molecule is COCCOC(C)Oc1c[c]c(C23CC4CC(CC(C4)C2)C3)cc1Br. The number of halogens is 1. The molecule has 4 aliphatic carbocycles. The highest BCUT2D eigenvalue weighted by Gasteiger charge is 2.51. The van der Waals surface area contributed by atoms with Crippen molar-refractivity contribution in [1.29, 1.82) is 0 Å². The van der Waals surface area contributed by atoms with Gasteiger partial charge in [-0.25, -0.2) is 0 Å². The average molecular weight is 408 g/mol. The van der Waals surface area contributed by atoms with E-state index in [9.17, 15) is 0 Å². The van der Waals surface area contributed by atoms with E-state index >= 15 is 0 Å². The maximum absolute atomic E-state index is 5.91. The van der Waals surface area contributed by atoms with E-state index in [4.69, 9.17) is 14.2 Å². The van der Waals surface area contributed by atoms with Crippen molar-refractivity contribution in [1.82, 2.24) is 0 Å². The lowest BCUT2D eigenvalue weighted by Crippen LogP contribution is -2.48. The molecule has 4 saturated carbocycles. The molecule has 1 radical (unpaired) electrons. The molecule has 4 fully saturated rings. The van der Waals surface area contributed by atoms with Gasteiger partial charge in [-0.05, 0) is 108 Å². The van der Waals surface area contributed by atoms with E-state index in [2.05, 4.69) is 28.1 Å². The highest BCUT2D eigenvalue weighted by Crippen LogP contribution is 2.60. The van der Waals surface area contributed by atoms with Crippen molar-refractivity contribution in [3.8, 4) is 5.75 Å². The molecule has 4 aliphatic rings. The molecule has 25 heavy (non-hydrogen) atoms. The van der Waals surface area contributed by atoms with Crippen LogP contribution in [0.25, 0.3) is 0 Å². The Balaban J connectivity index is 1.47. The second-order valence-corrected chi connectivity index (χ2v) is 9.16. The second kappa shape index (κ2) is 7.21. The van der Waals surface area contributed by atoms with E-state index in [0.717, 1.165) is 28.0 Å². The normalized spacial score (nSPS) is 34.3. The van der Waals surface area contributed by atoms with Crippen LogP contribution in [0.1, 0.15) is 51.0 Å². The minimum atomic E-state index is -0.301. The molecule has 1 aromatic rings. The Kier molecular flexibility index (Phi) is 5.13. The molecule has 1 atom stereocenters. The molecule has 4 bridgehead atoms. The largest absolute Gasteiger partial charge is 0.464 e. The van der Waals surface area contributed by atoms with Gasteiger partial charge in [0.2, 0.25) is 0 Å². The lowest BCUT2D eigenvalue weighted by molar-refractivity contribution is -0.0799. The van der Waals surface area contributed by atoms with E-state index in [0.29, 0.717) is 18.6 Å². The quantitative estimate of drug-likeness (QED) is 0.464. The number of hydrogen-bond acceptors (Lipinski definition) is 3. The first-order valence-corrected chi connectivity index (χ1v) is 10.4. The second-order valence-electron chi connectivity index (χ2n) is 8.31. The number of hydrogen-bond donors (Lipinski definition) is 0. The maximum atomic E-state index is 5.91. The molecule has 0 N–H and O–H groups in total. The fourth-order valence-corrected chi connectivity index (χ4v) is 6.24. The zero-order valence-corrected chi connectivity index (χ0v) is 16.8. The topological polar surface area (TPSA) is 27.7 Å². The standard InChI is InChI=1S/C21H28BrO3/c1-14(24-6-5-23-2)25-20-4-3-18(10-19(20)22)21-11-15-7-16(12-21)9-17(8-15)13-21/h4,10,14-17H,5-9,11-13H2,1-2H3. The summed E-state index contributed by atoms with van der Waals surface area (Å²) in [4.78, 5) is 0. The Morgan fingerprint density at radius 3 is 2.36 bits per heavy atom. The smallest absolute Gasteiger partial charge is 0.197 e. The molecule has 137 valence electrons. The van der Waals surface area contributed by atoms with E-state index in [1.165, 1.54) is 44.1 Å². The van der Waals surface area contributed by atoms with E-state index in [1.807, 2.05) is 13.0 Å². The molecule has 0 saturated heterocycles. The van der Waals surface area contributed by atoms with Gasteiger partial charge in [0.15, 0.2) is 6.29 Å². The Morgan fingerprint density at radius 2 is 1.80 bits per heavy atom. The van der Waals surface area contributed by atoms with Crippen LogP contribution in [-0.2, 0) is 14.9 Å². The Labute approximate surface area is 159 Å². The van der Waals surface area contributed by atoms with Crippen molar-refractivity contribution in [2.75, 3.05) is 20.3 Å². The van der Waals surface area contributed by atoms with Crippen molar-refractivity contribution < 1.29 is 14.2 Å². The van der Waals surface area contributed by atoms with Crippen LogP contribution in [-0.4, -0.2) is 26.6 Å². The Hall–Kier alpha value is -0.580. The molecule has 1 aromatic carbocycles. The summed E-state index contributed by atoms with van der Waals surface area (Å²) >= 11 is 3.71. The maximum Gasteiger partial charge on any atom is 0.197 e. The van der Waals surface area contributed by atoms with Gasteiger partial charge in [-0.15, -0.1) is 0 Å². The van der Waals surface area contributed by atoms with Crippen molar-refractivity contribution >= 4 is 15.9 Å². The van der Waals surface area contributed by atoms with Crippen LogP contribution in [0, 0.1) is 23.8 Å². The zero-order valence-electron chi connectivity index (χ0n) is 15.2. The number of ether oxygens (including phenoxy) is 3. The molecule has 3 nitrogen and oxygen atoms in total. The predicted molar refractivity (Wildman–Crippen MR) is 101 cm³/mol. The summed E-state index contributed by atoms with van der Waals surface area (Å²) < 4.78 is 17.5. The van der Waals surface area contributed by atoms with Gasteiger partial charge < -0.3 is 14.2 Å². The van der Waals surface area contributed by atoms with Gasteiger partial charge in [0.05, 0.1) is 17.7 Å². The number of benzene rings is 1. The molecule has 5 rings (SSSR count). The number of methoxy groups -OCH3 is 1. The van der Waals surface area contributed by atoms with Crippen molar-refractivity contribution in [2.24, 2.45) is 17.8 Å². The van der Waals surface area contributed by atoms with E-state index < -0.39 is 0 Å². The van der Waals surface area contributed by atoms with Gasteiger partial charge in [-0.2, -0.15) is 0 Å². The third-order valence-corrected chi connectivity index (χ3v) is 7.03. The molecular formula is C21H28BrO3. The molecule has 0 spiro atoms. The van der Waals surface area contributed by atoms with Crippen molar-refractivity contribution in [3.05, 3.63) is 28.2 Å². The lowest BCUT2D eigenvalue weighted by Gasteiger charge is -2.57. The summed E-state index contributed by atoms with van der Waals surface area (Å²) in [6, 6.07) is 7.82. The van der Waals surface area contributed by atoms with E-state index in [-0.39, 0.29) is 6.29 Å². The van der Waals surface area contributed by atoms with Gasteiger partial charge in [-0.1, -0.05) is 0 Å². The molecule has 0 aliphatic heterocycles. The first kappa shape index (κ1) is 17.8. The van der Waals surface area contributed by atoms with Crippen LogP contribution >= 0.6 is 15.9 Å². The number of rotatable bonds is 7. The van der Waals surface area contributed by atoms with Gasteiger partial charge in [0.1, 0.15) is 5.75 Å². The molecule has 4 heteroatoms. The van der Waals surface area contributed by atoms with Gasteiger partial charge in [0, 0.05) is 7.11 Å². The Bertz CT molecular complexity index is 580. The van der Waals surface area contributed by atoms with Gasteiger partial charge in [-0.3, -0.25) is 0 Å². The van der Waals surface area contributed by atoms with Crippen molar-refractivity contribution in [2.45, 2.75) is 57.2 Å².